The van der Waals surface area contributed by atoms with Crippen LogP contribution in [0.5, 0.6) is 5.75 Å². The zero-order valence-corrected chi connectivity index (χ0v) is 22.6. The molecule has 10 heteroatoms. The predicted molar refractivity (Wildman–Crippen MR) is 145 cm³/mol. The fourth-order valence-corrected chi connectivity index (χ4v) is 4.86. The standard InChI is InChI=1S/C26H28BrN5O3S/c1-26(2,3)32-17-23(25(31-32)19-5-4-6-21(33)15-19)18-11-12-28-24(16-18)29-13-14-30-36(34,35)22-9-7-20(27)8-10-22/h4-12,15-17,30,33H,13-14H2,1-3H3,(H,28,29). The molecule has 8 nitrogen and oxygen atoms in total. The SMILES string of the molecule is CC(C)(C)n1cc(-c2ccnc(NCCNS(=O)(=O)c3ccc(Br)cc3)c2)c(-c2cccc(O)c2)n1. The lowest BCUT2D eigenvalue weighted by atomic mass is 10.0. The van der Waals surface area contributed by atoms with Crippen molar-refractivity contribution in [2.75, 3.05) is 18.4 Å². The quantitative estimate of drug-likeness (QED) is 0.251. The highest BCUT2D eigenvalue weighted by molar-refractivity contribution is 9.10. The first-order chi connectivity index (χ1) is 17.0. The molecule has 0 aliphatic rings. The van der Waals surface area contributed by atoms with Crippen LogP contribution >= 0.6 is 15.9 Å². The van der Waals surface area contributed by atoms with E-state index in [2.05, 4.69) is 51.7 Å². The number of sulfonamides is 1. The van der Waals surface area contributed by atoms with Crippen LogP contribution in [-0.4, -0.2) is 41.4 Å². The van der Waals surface area contributed by atoms with Gasteiger partial charge in [-0.2, -0.15) is 5.10 Å². The maximum absolute atomic E-state index is 12.5. The van der Waals surface area contributed by atoms with Crippen molar-refractivity contribution in [1.82, 2.24) is 19.5 Å². The van der Waals surface area contributed by atoms with Gasteiger partial charge in [-0.3, -0.25) is 4.68 Å². The molecular formula is C26H28BrN5O3S. The van der Waals surface area contributed by atoms with E-state index >= 15 is 0 Å². The number of halogens is 1. The minimum absolute atomic E-state index is 0.173. The number of phenolic OH excluding ortho intramolecular Hbond substituents is 1. The second-order valence-electron chi connectivity index (χ2n) is 9.27. The molecule has 0 aliphatic heterocycles. The van der Waals surface area contributed by atoms with E-state index in [4.69, 9.17) is 5.10 Å². The lowest BCUT2D eigenvalue weighted by Gasteiger charge is -2.18. The molecule has 188 valence electrons. The molecule has 4 rings (SSSR count). The predicted octanol–water partition coefficient (Wildman–Crippen LogP) is 5.23. The van der Waals surface area contributed by atoms with Gasteiger partial charge in [0, 0.05) is 41.1 Å². The molecule has 0 atom stereocenters. The van der Waals surface area contributed by atoms with Gasteiger partial charge in [-0.05, 0) is 74.9 Å². The van der Waals surface area contributed by atoms with Gasteiger partial charge in [-0.1, -0.05) is 28.1 Å². The number of nitrogens with one attached hydrogen (secondary N) is 2. The number of nitrogens with zero attached hydrogens (tertiary/aromatic N) is 3. The van der Waals surface area contributed by atoms with Crippen LogP contribution in [0.3, 0.4) is 0 Å². The summed E-state index contributed by atoms with van der Waals surface area (Å²) < 4.78 is 30.3. The summed E-state index contributed by atoms with van der Waals surface area (Å²) in [7, 11) is -3.60. The van der Waals surface area contributed by atoms with Gasteiger partial charge in [0.2, 0.25) is 10.0 Å². The molecule has 0 spiro atoms. The Labute approximate surface area is 219 Å². The largest absolute Gasteiger partial charge is 0.508 e. The van der Waals surface area contributed by atoms with Crippen molar-refractivity contribution in [2.24, 2.45) is 0 Å². The van der Waals surface area contributed by atoms with Crippen LogP contribution in [0.2, 0.25) is 0 Å². The number of hydrogen-bond acceptors (Lipinski definition) is 6. The molecule has 2 heterocycles. The van der Waals surface area contributed by atoms with E-state index in [1.165, 1.54) is 0 Å². The first-order valence-corrected chi connectivity index (χ1v) is 13.7. The van der Waals surface area contributed by atoms with Gasteiger partial charge in [-0.25, -0.2) is 18.1 Å². The molecule has 0 bridgehead atoms. The molecular weight excluding hydrogens is 542 g/mol. The topological polar surface area (TPSA) is 109 Å². The third-order valence-corrected chi connectivity index (χ3v) is 7.44. The van der Waals surface area contributed by atoms with Gasteiger partial charge in [0.25, 0.3) is 0 Å². The minimum Gasteiger partial charge on any atom is -0.508 e. The Morgan fingerprint density at radius 2 is 1.75 bits per heavy atom. The van der Waals surface area contributed by atoms with Crippen LogP contribution in [0.25, 0.3) is 22.4 Å². The van der Waals surface area contributed by atoms with Crippen LogP contribution in [0.15, 0.2) is 82.4 Å². The molecule has 2 aromatic heterocycles. The second kappa shape index (κ2) is 10.4. The van der Waals surface area contributed by atoms with Crippen molar-refractivity contribution >= 4 is 31.8 Å². The Bertz CT molecular complexity index is 1460. The molecule has 2 aromatic carbocycles. The Hall–Kier alpha value is -3.21. The lowest BCUT2D eigenvalue weighted by Crippen LogP contribution is -2.29. The number of rotatable bonds is 8. The van der Waals surface area contributed by atoms with Gasteiger partial charge in [0.15, 0.2) is 0 Å². The van der Waals surface area contributed by atoms with E-state index in [9.17, 15) is 13.5 Å². The van der Waals surface area contributed by atoms with E-state index in [1.54, 1.807) is 48.7 Å². The highest BCUT2D eigenvalue weighted by Crippen LogP contribution is 2.34. The third-order valence-electron chi connectivity index (χ3n) is 5.44. The first-order valence-electron chi connectivity index (χ1n) is 11.4. The lowest BCUT2D eigenvalue weighted by molar-refractivity contribution is 0.356. The van der Waals surface area contributed by atoms with Gasteiger partial charge < -0.3 is 10.4 Å². The summed E-state index contributed by atoms with van der Waals surface area (Å²) in [6.07, 6.45) is 3.69. The Morgan fingerprint density at radius 1 is 1.00 bits per heavy atom. The van der Waals surface area contributed by atoms with Gasteiger partial charge >= 0.3 is 0 Å². The average molecular weight is 571 g/mol. The van der Waals surface area contributed by atoms with Crippen molar-refractivity contribution in [2.45, 2.75) is 31.2 Å². The zero-order chi connectivity index (χ0) is 25.9. The van der Waals surface area contributed by atoms with E-state index in [1.807, 2.05) is 29.1 Å². The maximum Gasteiger partial charge on any atom is 0.240 e. The molecule has 4 aromatic rings. The number of aromatic nitrogens is 3. The van der Waals surface area contributed by atoms with E-state index < -0.39 is 10.0 Å². The van der Waals surface area contributed by atoms with Crippen molar-refractivity contribution in [3.8, 4) is 28.1 Å². The highest BCUT2D eigenvalue weighted by atomic mass is 79.9. The molecule has 0 fully saturated rings. The van der Waals surface area contributed by atoms with Crippen LogP contribution in [0, 0.1) is 0 Å². The molecule has 0 amide bonds. The summed E-state index contributed by atoms with van der Waals surface area (Å²) in [5, 5.41) is 18.0. The number of benzene rings is 2. The molecule has 0 unspecified atom stereocenters. The van der Waals surface area contributed by atoms with Gasteiger partial charge in [0.05, 0.1) is 10.4 Å². The molecule has 0 aliphatic carbocycles. The number of pyridine rings is 1. The van der Waals surface area contributed by atoms with Crippen LogP contribution < -0.4 is 10.0 Å². The first kappa shape index (κ1) is 25.9. The minimum atomic E-state index is -3.60. The molecule has 0 saturated heterocycles. The van der Waals surface area contributed by atoms with Crippen molar-refractivity contribution < 1.29 is 13.5 Å². The number of anilines is 1. The maximum atomic E-state index is 12.5. The molecule has 36 heavy (non-hydrogen) atoms. The third kappa shape index (κ3) is 6.13. The van der Waals surface area contributed by atoms with Gasteiger partial charge in [-0.15, -0.1) is 0 Å². The van der Waals surface area contributed by atoms with Gasteiger partial charge in [0.1, 0.15) is 17.3 Å². The Balaban J connectivity index is 1.52. The number of hydrogen-bond donors (Lipinski definition) is 3. The van der Waals surface area contributed by atoms with E-state index in [0.717, 1.165) is 26.9 Å². The second-order valence-corrected chi connectivity index (χ2v) is 11.9. The zero-order valence-electron chi connectivity index (χ0n) is 20.2. The van der Waals surface area contributed by atoms with Crippen molar-refractivity contribution in [3.05, 3.63) is 77.5 Å². The summed E-state index contributed by atoms with van der Waals surface area (Å²) in [5.41, 5.74) is 3.12. The van der Waals surface area contributed by atoms with E-state index in [-0.39, 0.29) is 22.7 Å². The average Bonchev–Trinajstić information content (AvgIpc) is 3.29. The van der Waals surface area contributed by atoms with Crippen LogP contribution in [0.1, 0.15) is 20.8 Å². The summed E-state index contributed by atoms with van der Waals surface area (Å²) >= 11 is 3.31. The fourth-order valence-electron chi connectivity index (χ4n) is 3.56. The summed E-state index contributed by atoms with van der Waals surface area (Å²) in [6, 6.07) is 17.3. The molecule has 3 N–H and O–H groups in total. The normalized spacial score (nSPS) is 12.0. The van der Waals surface area contributed by atoms with Crippen molar-refractivity contribution in [3.63, 3.8) is 0 Å². The smallest absolute Gasteiger partial charge is 0.240 e. The highest BCUT2D eigenvalue weighted by Gasteiger charge is 2.20. The summed E-state index contributed by atoms with van der Waals surface area (Å²) in [4.78, 5) is 4.59. The number of aromatic hydroxyl groups is 1. The monoisotopic (exact) mass is 569 g/mol. The summed E-state index contributed by atoms with van der Waals surface area (Å²) in [6.45, 7) is 6.77. The van der Waals surface area contributed by atoms with Crippen LogP contribution in [0.4, 0.5) is 5.82 Å². The summed E-state index contributed by atoms with van der Waals surface area (Å²) in [5.74, 6) is 0.784. The fraction of sp³-hybridized carbons (Fsp3) is 0.231. The number of phenols is 1. The van der Waals surface area contributed by atoms with E-state index in [0.29, 0.717) is 12.4 Å². The van der Waals surface area contributed by atoms with Crippen LogP contribution in [-0.2, 0) is 15.6 Å². The van der Waals surface area contributed by atoms with Crippen molar-refractivity contribution in [1.29, 1.82) is 0 Å². The molecule has 0 saturated carbocycles. The molecule has 0 radical (unpaired) electrons. The Morgan fingerprint density at radius 3 is 2.44 bits per heavy atom. The Kier molecular flexibility index (Phi) is 7.49.